The Morgan fingerprint density at radius 2 is 1.49 bits per heavy atom. The number of hydroxylamine groups is 1. The van der Waals surface area contributed by atoms with Crippen LogP contribution in [0, 0.1) is 12.8 Å². The summed E-state index contributed by atoms with van der Waals surface area (Å²) in [6, 6.07) is 38.8. The fourth-order valence-electron chi connectivity index (χ4n) is 11.2. The molecule has 5 aromatic carbocycles. The van der Waals surface area contributed by atoms with Crippen molar-refractivity contribution in [2.75, 3.05) is 86.1 Å². The van der Waals surface area contributed by atoms with Crippen LogP contribution >= 0.6 is 30.7 Å². The van der Waals surface area contributed by atoms with Gasteiger partial charge in [0.1, 0.15) is 0 Å². The van der Waals surface area contributed by atoms with E-state index in [9.17, 15) is 28.6 Å². The number of carboxylic acid groups (broad SMARTS) is 1. The van der Waals surface area contributed by atoms with Crippen LogP contribution in [-0.4, -0.2) is 121 Å². The Morgan fingerprint density at radius 3 is 2.12 bits per heavy atom. The number of hydrogen-bond acceptors (Lipinski definition) is 11. The molecule has 1 aromatic heterocycles. The van der Waals surface area contributed by atoms with Crippen LogP contribution in [0.4, 0.5) is 17.1 Å². The number of piperidine rings is 1. The average molecular weight is 1080 g/mol. The van der Waals surface area contributed by atoms with E-state index in [1.165, 1.54) is 12.3 Å². The third kappa shape index (κ3) is 11.5. The van der Waals surface area contributed by atoms with Crippen LogP contribution in [0.1, 0.15) is 72.8 Å². The molecule has 1 unspecified atom stereocenters. The number of halogens is 1. The number of aliphatic hydroxyl groups excluding tert-OH is 1. The molecule has 6 aromatic rings. The number of sulfone groups is 1. The van der Waals surface area contributed by atoms with Gasteiger partial charge in [0.25, 0.3) is 0 Å². The summed E-state index contributed by atoms with van der Waals surface area (Å²) in [5.41, 5.74) is 6.97. The second kappa shape index (κ2) is 23.0. The molecular formula is C57H68ClN6O7PS2. The standard InChI is InChI=1S/C57H68ClN6O7PS2/c1-39(2)64-40(3)54(57(66)67)55(56(64)43-13-17-45(58)18-14-43)44-9-8-10-48(35-44)62-33-31-61(32-34-62)47-19-15-42(16-20-47)52-26-30-63(68)72(52,69)49-21-22-51(53(36-49)74(4,70)71)59-46(38-73-50-11-6-5-7-12-50)25-29-60-27-23-41(37-65)24-28-60/h5-22,35-36,39,41,46,52,59,65,68H,23-34,37-38H2,1-4H3,(H,66,67)/t46-,52+,72?/m1/s1. The minimum absolute atomic E-state index is 0.0117. The van der Waals surface area contributed by atoms with Gasteiger partial charge >= 0.3 is 5.97 Å². The Hall–Kier alpha value is -5.09. The predicted octanol–water partition coefficient (Wildman–Crippen LogP) is 11.2. The van der Waals surface area contributed by atoms with E-state index < -0.39 is 28.8 Å². The number of nitrogens with zero attached hydrogens (tertiary/aromatic N) is 5. The summed E-state index contributed by atoms with van der Waals surface area (Å²) < 4.78 is 44.7. The van der Waals surface area contributed by atoms with E-state index in [1.807, 2.05) is 85.8 Å². The van der Waals surface area contributed by atoms with Crippen LogP contribution in [0.15, 0.2) is 131 Å². The van der Waals surface area contributed by atoms with Crippen LogP contribution < -0.4 is 20.4 Å². The van der Waals surface area contributed by atoms with Crippen LogP contribution in [0.5, 0.6) is 0 Å². The van der Waals surface area contributed by atoms with Gasteiger partial charge in [-0.15, -0.1) is 16.6 Å². The zero-order chi connectivity index (χ0) is 52.3. The first kappa shape index (κ1) is 53.7. The molecule has 3 atom stereocenters. The van der Waals surface area contributed by atoms with Gasteiger partial charge in [-0.05, 0) is 149 Å². The number of nitrogens with one attached hydrogen (secondary N) is 1. The largest absolute Gasteiger partial charge is 0.478 e. The Labute approximate surface area is 445 Å². The Kier molecular flexibility index (Phi) is 16.7. The van der Waals surface area contributed by atoms with Crippen LogP contribution in [0.2, 0.25) is 5.02 Å². The number of carbonyl (C=O) groups is 1. The SMILES string of the molecule is Cc1c(C(=O)O)c(-c2cccc(N3CCN(c4ccc([C@@H]5CCN(O)P5(=O)c5ccc(N[C@H](CCN6CCC(CO)CC6)CSc6ccccc6)c(S(C)(=O)=O)c5)cc4)CC3)c2)c(-c2ccc(Cl)cc2)n1C(C)C. The maximum Gasteiger partial charge on any atom is 0.338 e. The van der Waals surface area contributed by atoms with Crippen LogP contribution in [0.25, 0.3) is 22.4 Å². The number of benzene rings is 5. The highest BCUT2D eigenvalue weighted by atomic mass is 35.5. The molecule has 3 saturated heterocycles. The normalized spacial score (nSPS) is 19.6. The number of thioether (sulfide) groups is 1. The van der Waals surface area contributed by atoms with Gasteiger partial charge in [0.2, 0.25) is 7.29 Å². The molecule has 0 saturated carbocycles. The zero-order valence-corrected chi connectivity index (χ0v) is 45.9. The summed E-state index contributed by atoms with van der Waals surface area (Å²) in [4.78, 5) is 22.1. The van der Waals surface area contributed by atoms with Gasteiger partial charge in [0.15, 0.2) is 9.84 Å². The van der Waals surface area contributed by atoms with Gasteiger partial charge in [0.05, 0.1) is 27.5 Å². The number of rotatable bonds is 18. The zero-order valence-electron chi connectivity index (χ0n) is 42.6. The highest BCUT2D eigenvalue weighted by Crippen LogP contribution is 2.66. The van der Waals surface area contributed by atoms with Crippen molar-refractivity contribution in [1.82, 2.24) is 14.3 Å². The molecule has 3 aliphatic rings. The number of hydrogen-bond donors (Lipinski definition) is 4. The number of likely N-dealkylation sites (tertiary alicyclic amines) is 1. The lowest BCUT2D eigenvalue weighted by Crippen LogP contribution is -2.46. The summed E-state index contributed by atoms with van der Waals surface area (Å²) in [6.45, 7) is 12.0. The first-order chi connectivity index (χ1) is 35.5. The van der Waals surface area contributed by atoms with Gasteiger partial charge < -0.3 is 40.0 Å². The molecule has 17 heteroatoms. The summed E-state index contributed by atoms with van der Waals surface area (Å²) >= 11 is 8.01. The number of aromatic carboxylic acids is 1. The molecule has 4 heterocycles. The second-order valence-electron chi connectivity index (χ2n) is 20.3. The molecule has 4 N–H and O–H groups in total. The Bertz CT molecular complexity index is 3090. The van der Waals surface area contributed by atoms with E-state index in [2.05, 4.69) is 62.7 Å². The minimum atomic E-state index is -3.81. The van der Waals surface area contributed by atoms with Crippen molar-refractivity contribution in [3.05, 3.63) is 143 Å². The Balaban J connectivity index is 0.906. The van der Waals surface area contributed by atoms with Gasteiger partial charge in [-0.1, -0.05) is 66.2 Å². The minimum Gasteiger partial charge on any atom is -0.478 e. The van der Waals surface area contributed by atoms with Gasteiger partial charge in [0, 0.05) is 108 Å². The Morgan fingerprint density at radius 1 is 0.811 bits per heavy atom. The van der Waals surface area contributed by atoms with E-state index in [4.69, 9.17) is 11.6 Å². The molecule has 0 aliphatic carbocycles. The fraction of sp³-hybridized carbons (Fsp3) is 0.386. The first-order valence-corrected chi connectivity index (χ1v) is 30.6. The van der Waals surface area contributed by atoms with Crippen molar-refractivity contribution in [3.63, 3.8) is 0 Å². The van der Waals surface area contributed by atoms with Crippen molar-refractivity contribution in [1.29, 1.82) is 0 Å². The molecule has 74 heavy (non-hydrogen) atoms. The number of aromatic nitrogens is 1. The van der Waals surface area contributed by atoms with E-state index >= 15 is 4.57 Å². The lowest BCUT2D eigenvalue weighted by Gasteiger charge is -2.37. The van der Waals surface area contributed by atoms with Gasteiger partial charge in [-0.25, -0.2) is 13.2 Å². The highest BCUT2D eigenvalue weighted by molar-refractivity contribution is 7.99. The van der Waals surface area contributed by atoms with E-state index in [1.54, 1.807) is 23.9 Å². The fourth-order valence-corrected chi connectivity index (χ4v) is 16.3. The molecule has 13 nitrogen and oxygen atoms in total. The number of anilines is 3. The lowest BCUT2D eigenvalue weighted by atomic mass is 9.96. The van der Waals surface area contributed by atoms with E-state index in [-0.39, 0.29) is 35.7 Å². The maximum atomic E-state index is 15.3. The highest BCUT2D eigenvalue weighted by Gasteiger charge is 2.47. The summed E-state index contributed by atoms with van der Waals surface area (Å²) in [6.07, 6.45) is 4.30. The monoisotopic (exact) mass is 1080 g/mol. The quantitative estimate of drug-likeness (QED) is 0.0476. The summed E-state index contributed by atoms with van der Waals surface area (Å²) in [7, 11) is -7.54. The van der Waals surface area contributed by atoms with Gasteiger partial charge in [-0.2, -0.15) is 0 Å². The van der Waals surface area contributed by atoms with Crippen LogP contribution in [0.3, 0.4) is 0 Å². The van der Waals surface area contributed by atoms with E-state index in [0.29, 0.717) is 45.4 Å². The number of piperazine rings is 1. The molecule has 3 aliphatic heterocycles. The summed E-state index contributed by atoms with van der Waals surface area (Å²) in [5.74, 6) is 0.0678. The first-order valence-electron chi connectivity index (χ1n) is 25.7. The maximum absolute atomic E-state index is 15.3. The molecule has 9 rings (SSSR count). The molecule has 0 radical (unpaired) electrons. The van der Waals surface area contributed by atoms with Crippen molar-refractivity contribution in [2.45, 2.75) is 74.0 Å². The summed E-state index contributed by atoms with van der Waals surface area (Å²) in [5, 5.41) is 36.1. The van der Waals surface area contributed by atoms with Crippen molar-refractivity contribution < 1.29 is 33.2 Å². The number of carboxylic acids is 1. The third-order valence-electron chi connectivity index (χ3n) is 15.1. The lowest BCUT2D eigenvalue weighted by molar-refractivity contribution is 0.0117. The number of aliphatic hydroxyl groups is 1. The van der Waals surface area contributed by atoms with Crippen molar-refractivity contribution in [3.8, 4) is 22.4 Å². The topological polar surface area (TPSA) is 159 Å². The van der Waals surface area contributed by atoms with Crippen molar-refractivity contribution >= 4 is 68.8 Å². The molecule has 0 spiro atoms. The second-order valence-corrected chi connectivity index (χ2v) is 26.6. The average Bonchev–Trinajstić information content (AvgIpc) is 3.91. The molecule has 0 amide bonds. The molecule has 392 valence electrons. The van der Waals surface area contributed by atoms with E-state index in [0.717, 1.165) is 109 Å². The molecule has 0 bridgehead atoms. The van der Waals surface area contributed by atoms with Crippen LogP contribution in [-0.2, 0) is 14.4 Å². The van der Waals surface area contributed by atoms with Gasteiger partial charge in [-0.3, -0.25) is 4.57 Å². The van der Waals surface area contributed by atoms with Crippen molar-refractivity contribution in [2.24, 2.45) is 5.92 Å². The molecular weight excluding hydrogens is 1010 g/mol. The molecule has 3 fully saturated rings. The third-order valence-corrected chi connectivity index (χ3v) is 21.0. The predicted molar refractivity (Wildman–Crippen MR) is 301 cm³/mol. The smallest absolute Gasteiger partial charge is 0.338 e.